The first-order valence-corrected chi connectivity index (χ1v) is 6.89. The van der Waals surface area contributed by atoms with Crippen molar-refractivity contribution in [2.45, 2.75) is 38.1 Å². The maximum Gasteiger partial charge on any atom is 0.137 e. The van der Waals surface area contributed by atoms with Gasteiger partial charge in [-0.05, 0) is 36.8 Å². The average Bonchev–Trinajstić information content (AvgIpc) is 2.28. The molecule has 1 nitrogen and oxygen atoms in total. The summed E-state index contributed by atoms with van der Waals surface area (Å²) in [5.41, 5.74) is 1.08. The largest absolute Gasteiger partial charge is 0.313 e. The lowest BCUT2D eigenvalue weighted by atomic mass is 10.2. The molecule has 0 saturated heterocycles. The number of benzene rings is 1. The van der Waals surface area contributed by atoms with Crippen molar-refractivity contribution in [3.05, 3.63) is 29.6 Å². The minimum absolute atomic E-state index is 0.0887. The van der Waals surface area contributed by atoms with Crippen molar-refractivity contribution < 1.29 is 4.39 Å². The van der Waals surface area contributed by atoms with Gasteiger partial charge in [0.05, 0.1) is 0 Å². The summed E-state index contributed by atoms with van der Waals surface area (Å²) in [6.07, 6.45) is 2.17. The van der Waals surface area contributed by atoms with Crippen molar-refractivity contribution in [2.75, 3.05) is 12.3 Å². The molecule has 1 aromatic rings. The van der Waals surface area contributed by atoms with Gasteiger partial charge in [-0.2, -0.15) is 0 Å². The minimum Gasteiger partial charge on any atom is -0.313 e. The first-order chi connectivity index (χ1) is 7.79. The van der Waals surface area contributed by atoms with Crippen molar-refractivity contribution >= 4 is 11.8 Å². The van der Waals surface area contributed by atoms with Crippen LogP contribution in [0, 0.1) is 5.82 Å². The van der Waals surface area contributed by atoms with Crippen LogP contribution in [0.2, 0.25) is 0 Å². The molecule has 0 heterocycles. The molecule has 1 N–H and O–H groups in total. The van der Waals surface area contributed by atoms with Gasteiger partial charge in [-0.1, -0.05) is 26.0 Å². The summed E-state index contributed by atoms with van der Waals surface area (Å²) in [6.45, 7) is 5.99. The zero-order chi connectivity index (χ0) is 11.8. The van der Waals surface area contributed by atoms with E-state index in [0.717, 1.165) is 42.1 Å². The zero-order valence-corrected chi connectivity index (χ0v) is 10.9. The Hall–Kier alpha value is -0.540. The van der Waals surface area contributed by atoms with Crippen LogP contribution < -0.4 is 5.32 Å². The molecule has 0 aromatic heterocycles. The van der Waals surface area contributed by atoms with Gasteiger partial charge in [0, 0.05) is 11.4 Å². The normalized spacial score (nSPS) is 10.7. The van der Waals surface area contributed by atoms with Crippen LogP contribution in [0.1, 0.15) is 32.3 Å². The molecule has 0 radical (unpaired) electrons. The van der Waals surface area contributed by atoms with Gasteiger partial charge >= 0.3 is 0 Å². The molecule has 0 fully saturated rings. The van der Waals surface area contributed by atoms with Gasteiger partial charge in [-0.15, -0.1) is 11.8 Å². The maximum absolute atomic E-state index is 13.6. The second-order valence-electron chi connectivity index (χ2n) is 3.75. The molecule has 0 unspecified atom stereocenters. The number of halogens is 1. The van der Waals surface area contributed by atoms with E-state index < -0.39 is 0 Å². The maximum atomic E-state index is 13.6. The molecule has 0 saturated carbocycles. The van der Waals surface area contributed by atoms with Gasteiger partial charge in [0.25, 0.3) is 0 Å². The number of hydrogen-bond donors (Lipinski definition) is 1. The molecule has 0 spiro atoms. The Kier molecular flexibility index (Phi) is 6.50. The van der Waals surface area contributed by atoms with E-state index in [4.69, 9.17) is 0 Å². The lowest BCUT2D eigenvalue weighted by molar-refractivity contribution is 0.589. The van der Waals surface area contributed by atoms with E-state index in [9.17, 15) is 4.39 Å². The average molecular weight is 241 g/mol. The molecule has 0 aliphatic heterocycles. The van der Waals surface area contributed by atoms with Gasteiger partial charge in [0.15, 0.2) is 0 Å². The van der Waals surface area contributed by atoms with Crippen molar-refractivity contribution in [2.24, 2.45) is 0 Å². The van der Waals surface area contributed by atoms with Crippen molar-refractivity contribution in [1.29, 1.82) is 0 Å². The first-order valence-electron chi connectivity index (χ1n) is 5.90. The quantitative estimate of drug-likeness (QED) is 0.575. The Labute approximate surface area is 102 Å². The van der Waals surface area contributed by atoms with Crippen LogP contribution in [0.4, 0.5) is 4.39 Å². The second kappa shape index (κ2) is 7.69. The van der Waals surface area contributed by atoms with E-state index in [1.54, 1.807) is 23.9 Å². The predicted molar refractivity (Wildman–Crippen MR) is 69.4 cm³/mol. The van der Waals surface area contributed by atoms with Gasteiger partial charge in [-0.3, -0.25) is 0 Å². The smallest absolute Gasteiger partial charge is 0.137 e. The van der Waals surface area contributed by atoms with E-state index in [0.29, 0.717) is 0 Å². The van der Waals surface area contributed by atoms with Crippen LogP contribution in [-0.4, -0.2) is 12.3 Å². The Bertz CT molecular complexity index is 315. The van der Waals surface area contributed by atoms with Gasteiger partial charge in [0.2, 0.25) is 0 Å². The fourth-order valence-electron chi connectivity index (χ4n) is 1.46. The molecule has 0 amide bonds. The van der Waals surface area contributed by atoms with Crippen molar-refractivity contribution in [3.63, 3.8) is 0 Å². The van der Waals surface area contributed by atoms with Crippen molar-refractivity contribution in [3.8, 4) is 0 Å². The molecule has 3 heteroatoms. The molecule has 1 rings (SSSR count). The molecule has 90 valence electrons. The third kappa shape index (κ3) is 4.14. The first kappa shape index (κ1) is 13.5. The summed E-state index contributed by atoms with van der Waals surface area (Å²) >= 11 is 1.62. The molecule has 1 aromatic carbocycles. The summed E-state index contributed by atoms with van der Waals surface area (Å²) in [4.78, 5) is 0.813. The van der Waals surface area contributed by atoms with Gasteiger partial charge < -0.3 is 5.32 Å². The highest BCUT2D eigenvalue weighted by Gasteiger charge is 2.07. The molecule has 16 heavy (non-hydrogen) atoms. The SMILES string of the molecule is CCCNCc1cccc(F)c1SCCC. The lowest BCUT2D eigenvalue weighted by Crippen LogP contribution is -2.14. The van der Waals surface area contributed by atoms with Gasteiger partial charge in [-0.25, -0.2) is 4.39 Å². The van der Waals surface area contributed by atoms with Crippen LogP contribution in [-0.2, 0) is 6.54 Å². The van der Waals surface area contributed by atoms with E-state index in [-0.39, 0.29) is 5.82 Å². The Morgan fingerprint density at radius 3 is 2.75 bits per heavy atom. The Morgan fingerprint density at radius 2 is 2.06 bits per heavy atom. The summed E-state index contributed by atoms with van der Waals surface area (Å²) in [5.74, 6) is 0.885. The molecular formula is C13H20FNS. The molecular weight excluding hydrogens is 221 g/mol. The highest BCUT2D eigenvalue weighted by molar-refractivity contribution is 7.99. The van der Waals surface area contributed by atoms with Crippen LogP contribution in [0.3, 0.4) is 0 Å². The standard InChI is InChI=1S/C13H20FNS/c1-3-8-15-10-11-6-5-7-12(14)13(11)16-9-4-2/h5-7,15H,3-4,8-10H2,1-2H3. The lowest BCUT2D eigenvalue weighted by Gasteiger charge is -2.10. The van der Waals surface area contributed by atoms with E-state index in [1.807, 2.05) is 6.07 Å². The highest BCUT2D eigenvalue weighted by Crippen LogP contribution is 2.26. The molecule has 0 bridgehead atoms. The zero-order valence-electron chi connectivity index (χ0n) is 10.1. The summed E-state index contributed by atoms with van der Waals surface area (Å²) < 4.78 is 13.6. The fourth-order valence-corrected chi connectivity index (χ4v) is 2.40. The number of thioether (sulfide) groups is 1. The van der Waals surface area contributed by atoms with Crippen molar-refractivity contribution in [1.82, 2.24) is 5.32 Å². The number of rotatable bonds is 7. The third-order valence-electron chi connectivity index (χ3n) is 2.24. The fraction of sp³-hybridized carbons (Fsp3) is 0.538. The van der Waals surface area contributed by atoms with Gasteiger partial charge in [0.1, 0.15) is 5.82 Å². The monoisotopic (exact) mass is 241 g/mol. The highest BCUT2D eigenvalue weighted by atomic mass is 32.2. The summed E-state index contributed by atoms with van der Waals surface area (Å²) in [7, 11) is 0. The van der Waals surface area contributed by atoms with Crippen LogP contribution in [0.25, 0.3) is 0 Å². The topological polar surface area (TPSA) is 12.0 Å². The van der Waals surface area contributed by atoms with Crippen LogP contribution >= 0.6 is 11.8 Å². The molecule has 0 aliphatic carbocycles. The van der Waals surface area contributed by atoms with Crippen LogP contribution in [0.5, 0.6) is 0 Å². The second-order valence-corrected chi connectivity index (χ2v) is 4.86. The Morgan fingerprint density at radius 1 is 1.25 bits per heavy atom. The molecule has 0 aliphatic rings. The van der Waals surface area contributed by atoms with E-state index in [2.05, 4.69) is 19.2 Å². The predicted octanol–water partition coefficient (Wildman–Crippen LogP) is 3.83. The van der Waals surface area contributed by atoms with Crippen LogP contribution in [0.15, 0.2) is 23.1 Å². The number of hydrogen-bond acceptors (Lipinski definition) is 2. The van der Waals surface area contributed by atoms with E-state index in [1.165, 1.54) is 0 Å². The number of nitrogens with one attached hydrogen (secondary N) is 1. The van der Waals surface area contributed by atoms with E-state index >= 15 is 0 Å². The summed E-state index contributed by atoms with van der Waals surface area (Å²) in [6, 6.07) is 5.33. The molecule has 0 atom stereocenters. The third-order valence-corrected chi connectivity index (χ3v) is 3.60. The Balaban J connectivity index is 2.68. The minimum atomic E-state index is -0.0887. The summed E-state index contributed by atoms with van der Waals surface area (Å²) in [5, 5.41) is 3.32.